The molecule has 1 aliphatic rings. The Morgan fingerprint density at radius 1 is 1.42 bits per heavy atom. The third kappa shape index (κ3) is 2.41. The summed E-state index contributed by atoms with van der Waals surface area (Å²) in [5.41, 5.74) is 1.61. The summed E-state index contributed by atoms with van der Waals surface area (Å²) >= 11 is 6.04. The molecule has 0 amide bonds. The van der Waals surface area contributed by atoms with Crippen LogP contribution in [0.1, 0.15) is 12.1 Å². The third-order valence-electron chi connectivity index (χ3n) is 2.75. The third-order valence-corrected chi connectivity index (χ3v) is 3.02. The Kier molecular flexibility index (Phi) is 3.12. The van der Waals surface area contributed by atoms with Crippen molar-refractivity contribution in [3.05, 3.63) is 16.9 Å². The Morgan fingerprint density at radius 2 is 2.32 bits per heavy atom. The number of aromatic nitrogens is 4. The second-order valence-corrected chi connectivity index (χ2v) is 4.58. The van der Waals surface area contributed by atoms with Crippen LogP contribution in [-0.4, -0.2) is 33.3 Å². The van der Waals surface area contributed by atoms with Gasteiger partial charge in [0.15, 0.2) is 5.82 Å². The van der Waals surface area contributed by atoms with E-state index in [1.54, 1.807) is 6.20 Å². The monoisotopic (exact) mass is 280 g/mol. The second-order valence-electron chi connectivity index (χ2n) is 4.17. The number of aryl methyl sites for hydroxylation is 1. The van der Waals surface area contributed by atoms with Gasteiger partial charge >= 0.3 is 0 Å². The number of aromatic amines is 1. The number of nitrogens with zero attached hydrogens (tertiary/aromatic N) is 3. The summed E-state index contributed by atoms with van der Waals surface area (Å²) in [5, 5.41) is 13.7. The van der Waals surface area contributed by atoms with Crippen molar-refractivity contribution in [3.8, 4) is 5.88 Å². The molecule has 2 aromatic rings. The van der Waals surface area contributed by atoms with E-state index in [9.17, 15) is 0 Å². The number of hydrogen-bond acceptors (Lipinski definition) is 6. The van der Waals surface area contributed by atoms with Gasteiger partial charge in [0.25, 0.3) is 5.88 Å². The maximum Gasteiger partial charge on any atom is 0.256 e. The van der Waals surface area contributed by atoms with Crippen molar-refractivity contribution in [2.24, 2.45) is 0 Å². The minimum atomic E-state index is 0.447. The van der Waals surface area contributed by atoms with Crippen LogP contribution in [0.3, 0.4) is 0 Å². The molecule has 0 aromatic carbocycles. The molecule has 0 unspecified atom stereocenters. The summed E-state index contributed by atoms with van der Waals surface area (Å²) in [5.74, 6) is 1.59. The average molecular weight is 281 g/mol. The maximum atomic E-state index is 6.04. The van der Waals surface area contributed by atoms with Gasteiger partial charge in [0.1, 0.15) is 10.7 Å². The predicted octanol–water partition coefficient (Wildman–Crippen LogP) is 2.10. The van der Waals surface area contributed by atoms with Crippen LogP contribution in [0.2, 0.25) is 5.02 Å². The summed E-state index contributed by atoms with van der Waals surface area (Å²) < 4.78 is 5.61. The first-order valence-electron chi connectivity index (χ1n) is 5.95. The van der Waals surface area contributed by atoms with Gasteiger partial charge in [-0.15, -0.1) is 5.10 Å². The summed E-state index contributed by atoms with van der Waals surface area (Å²) in [6.45, 7) is 3.18. The molecule has 7 nitrogen and oxygen atoms in total. The zero-order chi connectivity index (χ0) is 13.2. The first-order valence-corrected chi connectivity index (χ1v) is 6.33. The number of nitrogens with one attached hydrogen (secondary N) is 3. The van der Waals surface area contributed by atoms with Crippen molar-refractivity contribution in [2.45, 2.75) is 13.3 Å². The van der Waals surface area contributed by atoms with Crippen LogP contribution in [0.15, 0.2) is 6.20 Å². The van der Waals surface area contributed by atoms with Gasteiger partial charge in [-0.05, 0) is 13.3 Å². The molecule has 8 heteroatoms. The molecule has 19 heavy (non-hydrogen) atoms. The van der Waals surface area contributed by atoms with E-state index in [4.69, 9.17) is 16.3 Å². The lowest BCUT2D eigenvalue weighted by Gasteiger charge is -2.08. The fourth-order valence-electron chi connectivity index (χ4n) is 1.77. The van der Waals surface area contributed by atoms with E-state index in [2.05, 4.69) is 30.8 Å². The zero-order valence-corrected chi connectivity index (χ0v) is 11.1. The molecule has 0 fully saturated rings. The lowest BCUT2D eigenvalue weighted by molar-refractivity contribution is 0.304. The van der Waals surface area contributed by atoms with E-state index in [-0.39, 0.29) is 0 Å². The lowest BCUT2D eigenvalue weighted by Crippen LogP contribution is -2.08. The van der Waals surface area contributed by atoms with Crippen molar-refractivity contribution in [1.29, 1.82) is 0 Å². The van der Waals surface area contributed by atoms with Gasteiger partial charge in [-0.3, -0.25) is 5.10 Å². The Morgan fingerprint density at radius 3 is 3.21 bits per heavy atom. The molecule has 0 radical (unpaired) electrons. The summed E-state index contributed by atoms with van der Waals surface area (Å²) in [7, 11) is 0. The van der Waals surface area contributed by atoms with E-state index in [1.165, 1.54) is 0 Å². The van der Waals surface area contributed by atoms with Crippen molar-refractivity contribution in [1.82, 2.24) is 20.2 Å². The van der Waals surface area contributed by atoms with Crippen LogP contribution < -0.4 is 15.4 Å². The van der Waals surface area contributed by atoms with Gasteiger partial charge in [-0.2, -0.15) is 4.98 Å². The van der Waals surface area contributed by atoms with Gasteiger partial charge in [-0.25, -0.2) is 4.98 Å². The van der Waals surface area contributed by atoms with E-state index < -0.39 is 0 Å². The highest BCUT2D eigenvalue weighted by atomic mass is 35.5. The Hall–Kier alpha value is -2.02. The average Bonchev–Trinajstić information content (AvgIpc) is 2.72. The SMILES string of the molecule is Cc1[nH]nc2c1Nc1ncc(Cl)c(n1)NCCCO2. The van der Waals surface area contributed by atoms with Gasteiger partial charge < -0.3 is 15.4 Å². The van der Waals surface area contributed by atoms with Crippen LogP contribution in [0, 0.1) is 6.92 Å². The molecule has 3 rings (SSSR count). The van der Waals surface area contributed by atoms with Crippen LogP contribution >= 0.6 is 11.6 Å². The molecule has 1 aliphatic heterocycles. The predicted molar refractivity (Wildman–Crippen MR) is 72.3 cm³/mol. The van der Waals surface area contributed by atoms with Crippen molar-refractivity contribution >= 4 is 29.1 Å². The maximum absolute atomic E-state index is 6.04. The minimum Gasteiger partial charge on any atom is -0.475 e. The van der Waals surface area contributed by atoms with Gasteiger partial charge in [0, 0.05) is 6.54 Å². The van der Waals surface area contributed by atoms with Crippen molar-refractivity contribution in [3.63, 3.8) is 0 Å². The quantitative estimate of drug-likeness (QED) is 0.685. The number of hydrogen-bond donors (Lipinski definition) is 3. The van der Waals surface area contributed by atoms with Gasteiger partial charge in [0.2, 0.25) is 5.95 Å². The Labute approximate surface area is 114 Å². The fraction of sp³-hybridized carbons (Fsp3) is 0.364. The van der Waals surface area contributed by atoms with Crippen LogP contribution in [0.4, 0.5) is 17.5 Å². The number of fused-ring (bicyclic) bond motifs is 3. The highest BCUT2D eigenvalue weighted by Gasteiger charge is 2.15. The summed E-state index contributed by atoms with van der Waals surface area (Å²) in [4.78, 5) is 8.47. The molecular formula is C11H13ClN6O. The van der Waals surface area contributed by atoms with Crippen LogP contribution in [-0.2, 0) is 0 Å². The van der Waals surface area contributed by atoms with E-state index >= 15 is 0 Å². The standard InChI is InChI=1S/C11H13ClN6O/c1-6-8-10(18-17-6)19-4-2-3-13-9-7(12)5-14-11(15-8)16-9/h5H,2-4H2,1H3,(H,17,18)(H2,13,14,15,16). The van der Waals surface area contributed by atoms with E-state index in [0.29, 0.717) is 29.3 Å². The minimum absolute atomic E-state index is 0.447. The van der Waals surface area contributed by atoms with Crippen LogP contribution in [0.5, 0.6) is 5.88 Å². The van der Waals surface area contributed by atoms with Gasteiger partial charge in [0.05, 0.1) is 18.5 Å². The molecule has 0 aliphatic carbocycles. The largest absolute Gasteiger partial charge is 0.475 e. The van der Waals surface area contributed by atoms with E-state index in [0.717, 1.165) is 24.3 Å². The first-order chi connectivity index (χ1) is 9.24. The molecule has 2 bridgehead atoms. The van der Waals surface area contributed by atoms with Crippen molar-refractivity contribution in [2.75, 3.05) is 23.8 Å². The molecule has 3 heterocycles. The van der Waals surface area contributed by atoms with Crippen molar-refractivity contribution < 1.29 is 4.74 Å². The smallest absolute Gasteiger partial charge is 0.256 e. The summed E-state index contributed by atoms with van der Waals surface area (Å²) in [6.07, 6.45) is 2.38. The number of rotatable bonds is 0. The number of H-pyrrole nitrogens is 1. The molecule has 0 atom stereocenters. The number of ether oxygens (including phenoxy) is 1. The Bertz CT molecular complexity index is 599. The van der Waals surface area contributed by atoms with Gasteiger partial charge in [-0.1, -0.05) is 11.6 Å². The normalized spacial score (nSPS) is 14.4. The molecule has 100 valence electrons. The topological polar surface area (TPSA) is 87.8 Å². The van der Waals surface area contributed by atoms with Crippen LogP contribution in [0.25, 0.3) is 0 Å². The number of anilines is 3. The molecule has 3 N–H and O–H groups in total. The molecular weight excluding hydrogens is 268 g/mol. The highest BCUT2D eigenvalue weighted by molar-refractivity contribution is 6.32. The molecule has 0 saturated carbocycles. The lowest BCUT2D eigenvalue weighted by atomic mass is 10.4. The Balaban J connectivity index is 2.01. The first kappa shape index (κ1) is 12.0. The molecule has 2 aromatic heterocycles. The fourth-order valence-corrected chi connectivity index (χ4v) is 1.93. The zero-order valence-electron chi connectivity index (χ0n) is 10.3. The summed E-state index contributed by atoms with van der Waals surface area (Å²) in [6, 6.07) is 0. The highest BCUT2D eigenvalue weighted by Crippen LogP contribution is 2.29. The van der Waals surface area contributed by atoms with E-state index in [1.807, 2.05) is 6.92 Å². The molecule has 0 spiro atoms. The second kappa shape index (κ2) is 4.93. The molecule has 0 saturated heterocycles. The number of halogens is 1.